The highest BCUT2D eigenvalue weighted by Crippen LogP contribution is 2.26. The van der Waals surface area contributed by atoms with E-state index in [0.29, 0.717) is 18.0 Å². The van der Waals surface area contributed by atoms with Crippen LogP contribution in [0.25, 0.3) is 10.8 Å². The SMILES string of the molecule is C[C@H](Oc1cccc2ccccc12)C(=O)Nc1ccc(CNC(N)=O)cc1. The Labute approximate surface area is 157 Å². The van der Waals surface area contributed by atoms with E-state index in [2.05, 4.69) is 10.6 Å². The van der Waals surface area contributed by atoms with E-state index in [1.807, 2.05) is 54.6 Å². The van der Waals surface area contributed by atoms with E-state index in [4.69, 9.17) is 10.5 Å². The smallest absolute Gasteiger partial charge is 0.312 e. The Hall–Kier alpha value is -3.54. The van der Waals surface area contributed by atoms with Gasteiger partial charge < -0.3 is 21.1 Å². The highest BCUT2D eigenvalue weighted by molar-refractivity contribution is 5.95. The van der Waals surface area contributed by atoms with Gasteiger partial charge in [0.25, 0.3) is 5.91 Å². The molecular weight excluding hydrogens is 342 g/mol. The number of amides is 3. The lowest BCUT2D eigenvalue weighted by atomic mass is 10.1. The molecule has 3 aromatic carbocycles. The van der Waals surface area contributed by atoms with Crippen molar-refractivity contribution < 1.29 is 14.3 Å². The lowest BCUT2D eigenvalue weighted by molar-refractivity contribution is -0.122. The average molecular weight is 363 g/mol. The number of urea groups is 1. The molecule has 138 valence electrons. The van der Waals surface area contributed by atoms with Crippen molar-refractivity contribution in [2.75, 3.05) is 5.32 Å². The molecule has 4 N–H and O–H groups in total. The summed E-state index contributed by atoms with van der Waals surface area (Å²) in [5.74, 6) is 0.426. The van der Waals surface area contributed by atoms with Crippen LogP contribution in [0.1, 0.15) is 12.5 Å². The molecule has 3 rings (SSSR count). The Morgan fingerprint density at radius 1 is 1.00 bits per heavy atom. The van der Waals surface area contributed by atoms with Crippen molar-refractivity contribution >= 4 is 28.4 Å². The van der Waals surface area contributed by atoms with Gasteiger partial charge in [-0.1, -0.05) is 48.5 Å². The van der Waals surface area contributed by atoms with Crippen molar-refractivity contribution in [3.05, 3.63) is 72.3 Å². The molecule has 3 amide bonds. The van der Waals surface area contributed by atoms with Crippen LogP contribution in [0.4, 0.5) is 10.5 Å². The molecule has 0 aliphatic rings. The number of primary amides is 1. The maximum Gasteiger partial charge on any atom is 0.312 e. The summed E-state index contributed by atoms with van der Waals surface area (Å²) in [4.78, 5) is 23.2. The molecule has 0 unspecified atom stereocenters. The van der Waals surface area contributed by atoms with Gasteiger partial charge in [-0.3, -0.25) is 4.79 Å². The Bertz CT molecular complexity index is 949. The molecular formula is C21H21N3O3. The number of fused-ring (bicyclic) bond motifs is 1. The van der Waals surface area contributed by atoms with Gasteiger partial charge in [0, 0.05) is 17.6 Å². The number of rotatable bonds is 6. The quantitative estimate of drug-likeness (QED) is 0.626. The number of nitrogens with two attached hydrogens (primary N) is 1. The third-order valence-corrected chi connectivity index (χ3v) is 4.11. The predicted molar refractivity (Wildman–Crippen MR) is 106 cm³/mol. The summed E-state index contributed by atoms with van der Waals surface area (Å²) in [5, 5.41) is 7.36. The summed E-state index contributed by atoms with van der Waals surface area (Å²) in [7, 11) is 0. The molecule has 0 saturated heterocycles. The standard InChI is InChI=1S/C21H21N3O3/c1-14(27-19-8-4-6-16-5-2-3-7-18(16)19)20(25)24-17-11-9-15(10-12-17)13-23-21(22)26/h2-12,14H,13H2,1H3,(H,24,25)(H3,22,23,26)/t14-/m0/s1. The van der Waals surface area contributed by atoms with Crippen LogP contribution in [0.3, 0.4) is 0 Å². The first-order chi connectivity index (χ1) is 13.0. The molecule has 0 aromatic heterocycles. The maximum atomic E-state index is 12.4. The minimum atomic E-state index is -0.660. The summed E-state index contributed by atoms with van der Waals surface area (Å²) in [6.07, 6.45) is -0.660. The number of nitrogens with one attached hydrogen (secondary N) is 2. The van der Waals surface area contributed by atoms with Crippen LogP contribution in [0, 0.1) is 0 Å². The summed E-state index contributed by atoms with van der Waals surface area (Å²) in [6, 6.07) is 20.2. The van der Waals surface area contributed by atoms with Gasteiger partial charge >= 0.3 is 6.03 Å². The van der Waals surface area contributed by atoms with Gasteiger partial charge in [-0.15, -0.1) is 0 Å². The second kappa shape index (κ2) is 8.23. The predicted octanol–water partition coefficient (Wildman–Crippen LogP) is 3.41. The highest BCUT2D eigenvalue weighted by Gasteiger charge is 2.16. The van der Waals surface area contributed by atoms with Crippen LogP contribution in [0.2, 0.25) is 0 Å². The Kier molecular flexibility index (Phi) is 5.56. The molecule has 6 nitrogen and oxygen atoms in total. The van der Waals surface area contributed by atoms with Crippen molar-refractivity contribution in [1.29, 1.82) is 0 Å². The maximum absolute atomic E-state index is 12.4. The second-order valence-corrected chi connectivity index (χ2v) is 6.14. The van der Waals surface area contributed by atoms with Crippen molar-refractivity contribution in [3.8, 4) is 5.75 Å². The number of carbonyl (C=O) groups excluding carboxylic acids is 2. The van der Waals surface area contributed by atoms with Gasteiger partial charge in [0.1, 0.15) is 5.75 Å². The summed E-state index contributed by atoms with van der Waals surface area (Å²) in [5.41, 5.74) is 6.58. The van der Waals surface area contributed by atoms with E-state index >= 15 is 0 Å². The number of anilines is 1. The minimum absolute atomic E-state index is 0.244. The first-order valence-corrected chi connectivity index (χ1v) is 8.60. The third kappa shape index (κ3) is 4.76. The van der Waals surface area contributed by atoms with Crippen LogP contribution in [-0.4, -0.2) is 18.0 Å². The highest BCUT2D eigenvalue weighted by atomic mass is 16.5. The first-order valence-electron chi connectivity index (χ1n) is 8.60. The molecule has 0 spiro atoms. The van der Waals surface area contributed by atoms with E-state index in [1.165, 1.54) is 0 Å². The van der Waals surface area contributed by atoms with Crippen LogP contribution >= 0.6 is 0 Å². The Balaban J connectivity index is 1.63. The van der Waals surface area contributed by atoms with Crippen LogP contribution in [0.15, 0.2) is 66.7 Å². The molecule has 27 heavy (non-hydrogen) atoms. The van der Waals surface area contributed by atoms with E-state index < -0.39 is 12.1 Å². The molecule has 3 aromatic rings. The molecule has 0 radical (unpaired) electrons. The molecule has 0 fully saturated rings. The van der Waals surface area contributed by atoms with Gasteiger partial charge in [0.15, 0.2) is 6.10 Å². The Morgan fingerprint density at radius 3 is 2.44 bits per heavy atom. The van der Waals surface area contributed by atoms with Crippen molar-refractivity contribution in [2.24, 2.45) is 5.73 Å². The van der Waals surface area contributed by atoms with E-state index in [9.17, 15) is 9.59 Å². The normalized spacial score (nSPS) is 11.6. The number of ether oxygens (including phenoxy) is 1. The zero-order valence-electron chi connectivity index (χ0n) is 14.9. The molecule has 0 heterocycles. The summed E-state index contributed by atoms with van der Waals surface area (Å²) < 4.78 is 5.88. The van der Waals surface area contributed by atoms with Gasteiger partial charge in [-0.25, -0.2) is 4.79 Å². The minimum Gasteiger partial charge on any atom is -0.480 e. The van der Waals surface area contributed by atoms with Crippen LogP contribution < -0.4 is 21.1 Å². The fourth-order valence-corrected chi connectivity index (χ4v) is 2.68. The molecule has 0 saturated carbocycles. The number of hydrogen-bond donors (Lipinski definition) is 3. The van der Waals surface area contributed by atoms with E-state index in [1.54, 1.807) is 19.1 Å². The summed E-state index contributed by atoms with van der Waals surface area (Å²) >= 11 is 0. The van der Waals surface area contributed by atoms with Gasteiger partial charge in [0.2, 0.25) is 0 Å². The first kappa shape index (κ1) is 18.3. The molecule has 0 aliphatic carbocycles. The van der Waals surface area contributed by atoms with Crippen LogP contribution in [0.5, 0.6) is 5.75 Å². The monoisotopic (exact) mass is 363 g/mol. The lowest BCUT2D eigenvalue weighted by Gasteiger charge is -2.16. The average Bonchev–Trinajstić information content (AvgIpc) is 2.67. The number of hydrogen-bond acceptors (Lipinski definition) is 3. The zero-order chi connectivity index (χ0) is 19.2. The fourth-order valence-electron chi connectivity index (χ4n) is 2.68. The second-order valence-electron chi connectivity index (χ2n) is 6.14. The molecule has 0 aliphatic heterocycles. The van der Waals surface area contributed by atoms with Crippen molar-refractivity contribution in [1.82, 2.24) is 5.32 Å². The van der Waals surface area contributed by atoms with Gasteiger partial charge in [-0.2, -0.15) is 0 Å². The number of benzene rings is 3. The Morgan fingerprint density at radius 2 is 1.70 bits per heavy atom. The fraction of sp³-hybridized carbons (Fsp3) is 0.143. The van der Waals surface area contributed by atoms with Crippen molar-refractivity contribution in [3.63, 3.8) is 0 Å². The van der Waals surface area contributed by atoms with Gasteiger partial charge in [0.05, 0.1) is 0 Å². The molecule has 1 atom stereocenters. The largest absolute Gasteiger partial charge is 0.480 e. The lowest BCUT2D eigenvalue weighted by Crippen LogP contribution is -2.30. The topological polar surface area (TPSA) is 93.4 Å². The van der Waals surface area contributed by atoms with Crippen LogP contribution in [-0.2, 0) is 11.3 Å². The van der Waals surface area contributed by atoms with E-state index in [-0.39, 0.29) is 5.91 Å². The van der Waals surface area contributed by atoms with E-state index in [0.717, 1.165) is 16.3 Å². The number of carbonyl (C=O) groups is 2. The summed E-state index contributed by atoms with van der Waals surface area (Å²) in [6.45, 7) is 2.05. The molecule has 0 bridgehead atoms. The van der Waals surface area contributed by atoms with Gasteiger partial charge in [-0.05, 0) is 36.1 Å². The third-order valence-electron chi connectivity index (χ3n) is 4.11. The zero-order valence-corrected chi connectivity index (χ0v) is 14.9. The van der Waals surface area contributed by atoms with Crippen molar-refractivity contribution in [2.45, 2.75) is 19.6 Å². The molecule has 6 heteroatoms.